The second-order valence-electron chi connectivity index (χ2n) is 14.4. The van der Waals surface area contributed by atoms with Crippen LogP contribution in [0.15, 0.2) is 99.9 Å². The van der Waals surface area contributed by atoms with E-state index in [0.717, 1.165) is 12.0 Å². The van der Waals surface area contributed by atoms with Crippen LogP contribution in [0.2, 0.25) is 0 Å². The van der Waals surface area contributed by atoms with Crippen LogP contribution in [0.5, 0.6) is 0 Å². The number of allylic oxidation sites excluding steroid dienone is 4. The van der Waals surface area contributed by atoms with Gasteiger partial charge >= 0.3 is 267 Å². The number of hydrogen-bond acceptors (Lipinski definition) is 0. The molecule has 0 saturated heterocycles. The topological polar surface area (TPSA) is 0 Å². The zero-order valence-electron chi connectivity index (χ0n) is 27.7. The first-order valence-corrected chi connectivity index (χ1v) is 19.5. The summed E-state index contributed by atoms with van der Waals surface area (Å²) in [5.41, 5.74) is 14.0. The van der Waals surface area contributed by atoms with Crippen molar-refractivity contribution in [2.45, 2.75) is 72.6 Å². The van der Waals surface area contributed by atoms with E-state index < -0.39 is 21.3 Å². The molecule has 1 atom stereocenters. The van der Waals surface area contributed by atoms with E-state index in [9.17, 15) is 4.39 Å². The van der Waals surface area contributed by atoms with Gasteiger partial charge in [-0.2, -0.15) is 0 Å². The summed E-state index contributed by atoms with van der Waals surface area (Å²) in [6.07, 6.45) is 3.47. The van der Waals surface area contributed by atoms with Gasteiger partial charge in [0.05, 0.1) is 0 Å². The standard InChI is InChI=1S/C21H25.C13H13.C7H5F.2ClH.Zr/c1-20(2,3)16-7-9-18-14(12-16)11-15-13-17(21(4,5)6)8-10-19(15)18;1-10-8-11(2)13(9-10)12-6-4-3-5-7-12;1-6-2-4-7(8)5-3-6;;;/h7-10,12H,11H2,1-6H3;3-7,9-10H,1-2H3;1-5H;2*1H;/q;;;;;+2/p-2. The largest absolute Gasteiger partial charge is 1.00 e. The van der Waals surface area contributed by atoms with E-state index >= 15 is 0 Å². The van der Waals surface area contributed by atoms with E-state index in [1.165, 1.54) is 50.1 Å². The van der Waals surface area contributed by atoms with Crippen LogP contribution in [0, 0.1) is 11.7 Å². The van der Waals surface area contributed by atoms with Crippen LogP contribution in [0.1, 0.15) is 88.8 Å². The van der Waals surface area contributed by atoms with Gasteiger partial charge in [0, 0.05) is 0 Å². The predicted molar refractivity (Wildman–Crippen MR) is 180 cm³/mol. The summed E-state index contributed by atoms with van der Waals surface area (Å²) in [5.74, 6) is 0.183. The number of fused-ring (bicyclic) bond motifs is 3. The fourth-order valence-electron chi connectivity index (χ4n) is 7.01. The molecule has 0 nitrogen and oxygen atoms in total. The average Bonchev–Trinajstić information content (AvgIpc) is 3.48. The molecule has 0 saturated carbocycles. The van der Waals surface area contributed by atoms with Crippen LogP contribution in [-0.2, 0) is 38.5 Å². The van der Waals surface area contributed by atoms with Gasteiger partial charge in [0.1, 0.15) is 0 Å². The average molecular weight is 717 g/mol. The molecule has 0 aromatic heterocycles. The summed E-state index contributed by atoms with van der Waals surface area (Å²) in [6.45, 7) is 18.7. The van der Waals surface area contributed by atoms with Crippen molar-refractivity contribution in [3.63, 3.8) is 0 Å². The predicted octanol–water partition coefficient (Wildman–Crippen LogP) is 4.10. The molecular weight excluding hydrogens is 674 g/mol. The Balaban J connectivity index is 0.00000230. The van der Waals surface area contributed by atoms with Crippen molar-refractivity contribution in [3.8, 4) is 11.1 Å². The molecule has 0 spiro atoms. The molecule has 6 rings (SSSR count). The Bertz CT molecular complexity index is 1810. The van der Waals surface area contributed by atoms with Crippen molar-refractivity contribution < 1.29 is 50.5 Å². The summed E-state index contributed by atoms with van der Waals surface area (Å²) in [5, 5.41) is 0. The Morgan fingerprint density at radius 2 is 1.42 bits per heavy atom. The Morgan fingerprint density at radius 1 is 0.778 bits per heavy atom. The van der Waals surface area contributed by atoms with Gasteiger partial charge in [0.25, 0.3) is 0 Å². The second kappa shape index (κ2) is 13.4. The molecule has 4 heteroatoms. The molecule has 0 heterocycles. The zero-order chi connectivity index (χ0) is 30.7. The smallest absolute Gasteiger partial charge is 1.00 e. The fraction of sp³-hybridized carbons (Fsp3) is 0.293. The molecule has 4 aromatic carbocycles. The van der Waals surface area contributed by atoms with Crippen molar-refractivity contribution in [2.75, 3.05) is 0 Å². The van der Waals surface area contributed by atoms with Crippen molar-refractivity contribution in [1.29, 1.82) is 0 Å². The van der Waals surface area contributed by atoms with Crippen molar-refractivity contribution in [2.24, 2.45) is 5.92 Å². The minimum absolute atomic E-state index is 0. The van der Waals surface area contributed by atoms with Crippen LogP contribution in [0.25, 0.3) is 16.7 Å². The van der Waals surface area contributed by atoms with Gasteiger partial charge in [-0.1, -0.05) is 0 Å². The van der Waals surface area contributed by atoms with Gasteiger partial charge in [-0.3, -0.25) is 0 Å². The van der Waals surface area contributed by atoms with Gasteiger partial charge in [-0.25, -0.2) is 0 Å². The van der Waals surface area contributed by atoms with E-state index in [1.54, 1.807) is 18.7 Å². The first kappa shape index (κ1) is 35.5. The van der Waals surface area contributed by atoms with E-state index in [1.807, 2.05) is 12.1 Å². The normalized spacial score (nSPS) is 15.7. The molecular formula is C41H43Cl2FZr. The molecule has 4 aromatic rings. The molecule has 0 fully saturated rings. The van der Waals surface area contributed by atoms with Gasteiger partial charge in [-0.05, 0) is 0 Å². The van der Waals surface area contributed by atoms with Crippen LogP contribution >= 0.6 is 0 Å². The number of halogens is 3. The molecule has 0 amide bonds. The number of rotatable bonds is 4. The minimum Gasteiger partial charge on any atom is -1.00 e. The minimum atomic E-state index is -2.78. The maximum Gasteiger partial charge on any atom is -1.00 e. The van der Waals surface area contributed by atoms with Crippen molar-refractivity contribution in [1.82, 2.24) is 0 Å². The third-order valence-corrected chi connectivity index (χ3v) is 17.0. The van der Waals surface area contributed by atoms with E-state index in [2.05, 4.69) is 126 Å². The molecule has 2 aliphatic rings. The van der Waals surface area contributed by atoms with E-state index in [4.69, 9.17) is 0 Å². The summed E-state index contributed by atoms with van der Waals surface area (Å²) < 4.78 is 19.9. The monoisotopic (exact) mass is 714 g/mol. The molecule has 0 N–H and O–H groups in total. The Labute approximate surface area is 289 Å². The molecule has 0 bridgehead atoms. The second-order valence-corrected chi connectivity index (χ2v) is 19.7. The van der Waals surface area contributed by atoms with Crippen LogP contribution < -0.4 is 28.1 Å². The maximum atomic E-state index is 14.1. The van der Waals surface area contributed by atoms with E-state index in [0.29, 0.717) is 5.92 Å². The quantitative estimate of drug-likeness (QED) is 0.263. The summed E-state index contributed by atoms with van der Waals surface area (Å²) in [7, 11) is 0. The first-order chi connectivity index (χ1) is 20.3. The third-order valence-electron chi connectivity index (χ3n) is 9.25. The molecule has 1 unspecified atom stereocenters. The molecule has 2 aliphatic carbocycles. The summed E-state index contributed by atoms with van der Waals surface area (Å²) in [4.78, 5) is 0. The fourth-order valence-corrected chi connectivity index (χ4v) is 15.6. The third kappa shape index (κ3) is 6.86. The van der Waals surface area contributed by atoms with E-state index in [-0.39, 0.29) is 41.5 Å². The zero-order valence-corrected chi connectivity index (χ0v) is 31.6. The Kier molecular flexibility index (Phi) is 10.6. The SMILES string of the molecule is CC1=[C](/[Zr+2](=[CH]/c2ccc(F)cc2)[c]2c(C(C)(C)C)ccc3c2Cc2cc(C(C)(C)C)ccc2-3)C(C)C=C1c1ccccc1.[Cl-].[Cl-]. The van der Waals surface area contributed by atoms with Gasteiger partial charge in [0.15, 0.2) is 0 Å². The maximum absolute atomic E-state index is 14.1. The Hall–Kier alpha value is -2.38. The van der Waals surface area contributed by atoms with Gasteiger partial charge in [-0.15, -0.1) is 0 Å². The number of benzene rings is 4. The van der Waals surface area contributed by atoms with Gasteiger partial charge in [0.2, 0.25) is 0 Å². The molecule has 45 heavy (non-hydrogen) atoms. The van der Waals surface area contributed by atoms with Gasteiger partial charge < -0.3 is 24.8 Å². The molecule has 232 valence electrons. The van der Waals surface area contributed by atoms with Crippen LogP contribution in [0.4, 0.5) is 4.39 Å². The number of hydrogen-bond donors (Lipinski definition) is 0. The first-order valence-electron chi connectivity index (χ1n) is 15.6. The molecule has 0 radical (unpaired) electrons. The summed E-state index contributed by atoms with van der Waals surface area (Å²) >= 11 is -2.78. The van der Waals surface area contributed by atoms with Crippen LogP contribution in [-0.4, -0.2) is 3.71 Å². The van der Waals surface area contributed by atoms with Crippen LogP contribution in [0.3, 0.4) is 0 Å². The van der Waals surface area contributed by atoms with Crippen molar-refractivity contribution >= 4 is 12.6 Å². The Morgan fingerprint density at radius 3 is 2.04 bits per heavy atom. The van der Waals surface area contributed by atoms with Crippen molar-refractivity contribution in [3.05, 3.63) is 139 Å². The molecule has 0 aliphatic heterocycles. The summed E-state index contributed by atoms with van der Waals surface area (Å²) in [6, 6.07) is 30.0.